The lowest BCUT2D eigenvalue weighted by atomic mass is 10.0. The summed E-state index contributed by atoms with van der Waals surface area (Å²) in [4.78, 5) is 16.7. The number of rotatable bonds is 5. The number of hydrogen-bond acceptors (Lipinski definition) is 3. The Hall–Kier alpha value is -0.610. The van der Waals surface area contributed by atoms with Crippen molar-refractivity contribution in [2.45, 2.75) is 45.2 Å². The van der Waals surface area contributed by atoms with Crippen LogP contribution < -0.4 is 5.32 Å². The quantitative estimate of drug-likeness (QED) is 0.778. The Morgan fingerprint density at radius 3 is 2.65 bits per heavy atom. The predicted octanol–water partition coefficient (Wildman–Crippen LogP) is 0.927. The molecule has 1 fully saturated rings. The van der Waals surface area contributed by atoms with Gasteiger partial charge in [-0.1, -0.05) is 6.92 Å². The monoisotopic (exact) mass is 241 g/mol. The minimum Gasteiger partial charge on any atom is -0.337 e. The maximum atomic E-state index is 12.5. The molecule has 100 valence electrons. The molecule has 0 spiro atoms. The van der Waals surface area contributed by atoms with Gasteiger partial charge in [-0.3, -0.25) is 4.79 Å². The molecule has 0 aromatic rings. The van der Waals surface area contributed by atoms with Crippen LogP contribution in [0.15, 0.2) is 0 Å². The minimum atomic E-state index is -0.441. The fourth-order valence-corrected chi connectivity index (χ4v) is 2.59. The average Bonchev–Trinajstić information content (AvgIpc) is 2.63. The maximum Gasteiger partial charge on any atom is 0.242 e. The van der Waals surface area contributed by atoms with Crippen LogP contribution in [0.2, 0.25) is 0 Å². The van der Waals surface area contributed by atoms with Crippen LogP contribution in [0.3, 0.4) is 0 Å². The molecule has 1 aliphatic heterocycles. The van der Waals surface area contributed by atoms with E-state index in [0.29, 0.717) is 6.04 Å². The molecule has 0 aliphatic carbocycles. The number of likely N-dealkylation sites (N-methyl/N-ethyl adjacent to an activating group) is 2. The number of carbonyl (C=O) groups is 1. The number of amides is 1. The Morgan fingerprint density at radius 1 is 1.47 bits per heavy atom. The van der Waals surface area contributed by atoms with Gasteiger partial charge in [-0.2, -0.15) is 0 Å². The van der Waals surface area contributed by atoms with Crippen LogP contribution in [0, 0.1) is 0 Å². The van der Waals surface area contributed by atoms with Gasteiger partial charge in [-0.25, -0.2) is 0 Å². The van der Waals surface area contributed by atoms with Gasteiger partial charge in [0.2, 0.25) is 5.91 Å². The van der Waals surface area contributed by atoms with E-state index in [-0.39, 0.29) is 5.91 Å². The van der Waals surface area contributed by atoms with Crippen molar-refractivity contribution in [1.29, 1.82) is 0 Å². The van der Waals surface area contributed by atoms with E-state index in [1.807, 2.05) is 20.8 Å². The summed E-state index contributed by atoms with van der Waals surface area (Å²) in [6, 6.07) is 0.385. The fraction of sp³-hybridized carbons (Fsp3) is 0.923. The molecule has 1 unspecified atom stereocenters. The summed E-state index contributed by atoms with van der Waals surface area (Å²) in [5, 5.41) is 3.27. The molecule has 1 aliphatic rings. The number of nitrogens with zero attached hydrogens (tertiary/aromatic N) is 2. The second kappa shape index (κ2) is 5.83. The lowest BCUT2D eigenvalue weighted by Crippen LogP contribution is -2.56. The second-order valence-corrected chi connectivity index (χ2v) is 5.71. The molecule has 4 heteroatoms. The molecule has 4 nitrogen and oxygen atoms in total. The zero-order valence-corrected chi connectivity index (χ0v) is 11.9. The van der Waals surface area contributed by atoms with E-state index in [1.54, 1.807) is 0 Å². The number of likely N-dealkylation sites (tertiary alicyclic amines) is 1. The van der Waals surface area contributed by atoms with Gasteiger partial charge in [0.25, 0.3) is 0 Å². The third-order valence-corrected chi connectivity index (χ3v) is 3.37. The molecule has 1 amide bonds. The van der Waals surface area contributed by atoms with Crippen LogP contribution in [-0.2, 0) is 4.79 Å². The topological polar surface area (TPSA) is 35.6 Å². The smallest absolute Gasteiger partial charge is 0.242 e. The van der Waals surface area contributed by atoms with Gasteiger partial charge in [0, 0.05) is 19.1 Å². The largest absolute Gasteiger partial charge is 0.337 e. The normalized spacial score (nSPS) is 21.3. The van der Waals surface area contributed by atoms with Gasteiger partial charge in [-0.05, 0) is 47.3 Å². The molecule has 0 bridgehead atoms. The van der Waals surface area contributed by atoms with E-state index in [2.05, 4.69) is 29.2 Å². The molecule has 0 saturated carbocycles. The van der Waals surface area contributed by atoms with Crippen molar-refractivity contribution in [3.63, 3.8) is 0 Å². The van der Waals surface area contributed by atoms with Crippen molar-refractivity contribution >= 4 is 5.91 Å². The van der Waals surface area contributed by atoms with Crippen LogP contribution in [0.25, 0.3) is 0 Å². The molecule has 1 N–H and O–H groups in total. The van der Waals surface area contributed by atoms with Gasteiger partial charge in [0.15, 0.2) is 0 Å². The fourth-order valence-electron chi connectivity index (χ4n) is 2.59. The molecule has 0 aromatic carbocycles. The van der Waals surface area contributed by atoms with Crippen LogP contribution in [-0.4, -0.2) is 61.0 Å². The predicted molar refractivity (Wildman–Crippen MR) is 71.0 cm³/mol. The Bertz CT molecular complexity index is 263. The van der Waals surface area contributed by atoms with E-state index in [4.69, 9.17) is 0 Å². The highest BCUT2D eigenvalue weighted by molar-refractivity contribution is 5.86. The first-order valence-electron chi connectivity index (χ1n) is 6.59. The lowest BCUT2D eigenvalue weighted by Gasteiger charge is -2.34. The number of nitrogens with one attached hydrogen (secondary N) is 1. The second-order valence-electron chi connectivity index (χ2n) is 5.71. The van der Waals surface area contributed by atoms with Gasteiger partial charge in [-0.15, -0.1) is 0 Å². The van der Waals surface area contributed by atoms with Gasteiger partial charge < -0.3 is 15.1 Å². The van der Waals surface area contributed by atoms with E-state index in [9.17, 15) is 4.79 Å². The van der Waals surface area contributed by atoms with Gasteiger partial charge >= 0.3 is 0 Å². The molecule has 1 rings (SSSR count). The first-order valence-corrected chi connectivity index (χ1v) is 6.59. The highest BCUT2D eigenvalue weighted by Crippen LogP contribution is 2.21. The number of carbonyl (C=O) groups excluding carboxylic acids is 1. The molecule has 17 heavy (non-hydrogen) atoms. The molecule has 0 aromatic heterocycles. The van der Waals surface area contributed by atoms with Crippen molar-refractivity contribution < 1.29 is 4.79 Å². The SMILES string of the molecule is CCNC(C)(C)C(=O)N1CCCC1CN(C)C. The average molecular weight is 241 g/mol. The van der Waals surface area contributed by atoms with Crippen LogP contribution in [0.5, 0.6) is 0 Å². The third kappa shape index (κ3) is 3.68. The summed E-state index contributed by atoms with van der Waals surface area (Å²) in [6.45, 7) is 8.69. The molecular formula is C13H27N3O. The highest BCUT2D eigenvalue weighted by Gasteiger charge is 2.37. The van der Waals surface area contributed by atoms with E-state index in [0.717, 1.165) is 32.5 Å². The lowest BCUT2D eigenvalue weighted by molar-refractivity contribution is -0.138. The van der Waals surface area contributed by atoms with Crippen molar-refractivity contribution in [3.8, 4) is 0 Å². The highest BCUT2D eigenvalue weighted by atomic mass is 16.2. The molecule has 1 saturated heterocycles. The summed E-state index contributed by atoms with van der Waals surface area (Å²) in [5.41, 5.74) is -0.441. The molecule has 0 radical (unpaired) electrons. The van der Waals surface area contributed by atoms with E-state index < -0.39 is 5.54 Å². The summed E-state index contributed by atoms with van der Waals surface area (Å²) in [7, 11) is 4.13. The van der Waals surface area contributed by atoms with Crippen LogP contribution in [0.1, 0.15) is 33.6 Å². The van der Waals surface area contributed by atoms with Crippen molar-refractivity contribution in [2.75, 3.05) is 33.7 Å². The summed E-state index contributed by atoms with van der Waals surface area (Å²) in [6.07, 6.45) is 2.26. The number of hydrogen-bond donors (Lipinski definition) is 1. The van der Waals surface area contributed by atoms with E-state index in [1.165, 1.54) is 0 Å². The Kier molecular flexibility index (Phi) is 4.95. The van der Waals surface area contributed by atoms with Crippen molar-refractivity contribution in [1.82, 2.24) is 15.1 Å². The zero-order valence-electron chi connectivity index (χ0n) is 11.9. The van der Waals surface area contributed by atoms with Crippen LogP contribution in [0.4, 0.5) is 0 Å². The molecule has 1 heterocycles. The Labute approximate surface area is 105 Å². The summed E-state index contributed by atoms with van der Waals surface area (Å²) in [5.74, 6) is 0.240. The third-order valence-electron chi connectivity index (χ3n) is 3.37. The standard InChI is InChI=1S/C13H27N3O/c1-6-14-13(2,3)12(17)16-9-7-8-11(16)10-15(4)5/h11,14H,6-10H2,1-5H3. The van der Waals surface area contributed by atoms with Crippen molar-refractivity contribution in [2.24, 2.45) is 0 Å². The van der Waals surface area contributed by atoms with Gasteiger partial charge in [0.1, 0.15) is 0 Å². The van der Waals surface area contributed by atoms with E-state index >= 15 is 0 Å². The summed E-state index contributed by atoms with van der Waals surface area (Å²) < 4.78 is 0. The van der Waals surface area contributed by atoms with Crippen LogP contribution >= 0.6 is 0 Å². The first kappa shape index (κ1) is 14.5. The molecular weight excluding hydrogens is 214 g/mol. The summed E-state index contributed by atoms with van der Waals surface area (Å²) >= 11 is 0. The zero-order chi connectivity index (χ0) is 13.1. The first-order chi connectivity index (χ1) is 7.88. The minimum absolute atomic E-state index is 0.240. The Balaban J connectivity index is 2.67. The van der Waals surface area contributed by atoms with Gasteiger partial charge in [0.05, 0.1) is 5.54 Å². The maximum absolute atomic E-state index is 12.5. The molecule has 1 atom stereocenters. The van der Waals surface area contributed by atoms with Crippen molar-refractivity contribution in [3.05, 3.63) is 0 Å². The Morgan fingerprint density at radius 2 is 2.12 bits per heavy atom.